The van der Waals surface area contributed by atoms with Crippen molar-refractivity contribution in [2.45, 2.75) is 0 Å². The number of hydrogen-bond donors (Lipinski definition) is 2. The van der Waals surface area contributed by atoms with Gasteiger partial charge in [-0.05, 0) is 18.2 Å². The van der Waals surface area contributed by atoms with E-state index in [9.17, 15) is 9.18 Å². The average Bonchev–Trinajstić information content (AvgIpc) is 2.22. The van der Waals surface area contributed by atoms with Crippen molar-refractivity contribution >= 4 is 5.69 Å². The van der Waals surface area contributed by atoms with Crippen molar-refractivity contribution in [1.82, 2.24) is 10.2 Å². The molecular formula is C10H8FN3O. The second-order valence-electron chi connectivity index (χ2n) is 3.05. The lowest BCUT2D eigenvalue weighted by molar-refractivity contribution is 0.628. The molecule has 0 saturated heterocycles. The predicted octanol–water partition coefficient (Wildman–Crippen LogP) is 1.16. The van der Waals surface area contributed by atoms with Gasteiger partial charge >= 0.3 is 0 Å². The van der Waals surface area contributed by atoms with Crippen LogP contribution in [0.25, 0.3) is 11.3 Å². The first kappa shape index (κ1) is 9.39. The van der Waals surface area contributed by atoms with Crippen molar-refractivity contribution in [3.63, 3.8) is 0 Å². The van der Waals surface area contributed by atoms with E-state index in [-0.39, 0.29) is 11.5 Å². The molecule has 4 nitrogen and oxygen atoms in total. The number of hydrogen-bond acceptors (Lipinski definition) is 3. The Kier molecular flexibility index (Phi) is 2.21. The Labute approximate surface area is 84.6 Å². The van der Waals surface area contributed by atoms with Crippen molar-refractivity contribution in [2.24, 2.45) is 0 Å². The average molecular weight is 205 g/mol. The number of rotatable bonds is 1. The van der Waals surface area contributed by atoms with Crippen molar-refractivity contribution in [1.29, 1.82) is 0 Å². The highest BCUT2D eigenvalue weighted by molar-refractivity contribution is 5.61. The lowest BCUT2D eigenvalue weighted by Crippen LogP contribution is -2.13. The van der Waals surface area contributed by atoms with Crippen LogP contribution < -0.4 is 11.3 Å². The molecule has 0 spiro atoms. The Hall–Kier alpha value is -2.17. The summed E-state index contributed by atoms with van der Waals surface area (Å²) in [5.74, 6) is -0.362. The predicted molar refractivity (Wildman–Crippen MR) is 54.7 cm³/mol. The Morgan fingerprint density at radius 2 is 2.13 bits per heavy atom. The van der Waals surface area contributed by atoms with Crippen LogP contribution in [0.15, 0.2) is 35.1 Å². The van der Waals surface area contributed by atoms with Crippen LogP contribution in [0.4, 0.5) is 10.1 Å². The quantitative estimate of drug-likeness (QED) is 0.733. The van der Waals surface area contributed by atoms with E-state index < -0.39 is 5.56 Å². The summed E-state index contributed by atoms with van der Waals surface area (Å²) in [7, 11) is 0. The molecule has 0 bridgehead atoms. The Balaban J connectivity index is 2.55. The summed E-state index contributed by atoms with van der Waals surface area (Å²) >= 11 is 0. The maximum atomic E-state index is 12.9. The molecule has 76 valence electrons. The van der Waals surface area contributed by atoms with Gasteiger partial charge in [-0.2, -0.15) is 5.10 Å². The zero-order valence-corrected chi connectivity index (χ0v) is 7.70. The van der Waals surface area contributed by atoms with E-state index in [0.717, 1.165) is 0 Å². The highest BCUT2D eigenvalue weighted by atomic mass is 19.1. The smallest absolute Gasteiger partial charge is 0.287 e. The molecule has 3 N–H and O–H groups in total. The number of benzene rings is 1. The fraction of sp³-hybridized carbons (Fsp3) is 0. The second-order valence-corrected chi connectivity index (χ2v) is 3.05. The van der Waals surface area contributed by atoms with Crippen LogP contribution in [0.2, 0.25) is 0 Å². The van der Waals surface area contributed by atoms with Crippen LogP contribution >= 0.6 is 0 Å². The van der Waals surface area contributed by atoms with Crippen LogP contribution in [-0.2, 0) is 0 Å². The van der Waals surface area contributed by atoms with Gasteiger partial charge in [0, 0.05) is 5.56 Å². The number of aromatic nitrogens is 2. The van der Waals surface area contributed by atoms with Crippen LogP contribution in [0.1, 0.15) is 0 Å². The number of nitrogen functional groups attached to an aromatic ring is 1. The highest BCUT2D eigenvalue weighted by Gasteiger charge is 2.03. The van der Waals surface area contributed by atoms with E-state index in [1.165, 1.54) is 18.2 Å². The molecule has 2 aromatic rings. The number of aromatic amines is 1. The molecule has 0 amide bonds. The van der Waals surface area contributed by atoms with Gasteiger partial charge in [-0.15, -0.1) is 0 Å². The summed E-state index contributed by atoms with van der Waals surface area (Å²) in [4.78, 5) is 11.0. The largest absolute Gasteiger partial charge is 0.394 e. The van der Waals surface area contributed by atoms with Crippen molar-refractivity contribution < 1.29 is 4.39 Å². The van der Waals surface area contributed by atoms with E-state index in [1.807, 2.05) is 0 Å². The van der Waals surface area contributed by atoms with Gasteiger partial charge in [0.25, 0.3) is 5.56 Å². The van der Waals surface area contributed by atoms with Gasteiger partial charge in [0.15, 0.2) is 0 Å². The zero-order chi connectivity index (χ0) is 10.8. The number of nitrogens with one attached hydrogen (secondary N) is 1. The fourth-order valence-electron chi connectivity index (χ4n) is 1.22. The minimum absolute atomic E-state index is 0.0595. The van der Waals surface area contributed by atoms with Gasteiger partial charge in [0.05, 0.1) is 5.69 Å². The molecule has 0 saturated carbocycles. The maximum Gasteiger partial charge on any atom is 0.287 e. The van der Waals surface area contributed by atoms with Crippen LogP contribution in [-0.4, -0.2) is 10.2 Å². The summed E-state index contributed by atoms with van der Waals surface area (Å²) in [6.45, 7) is 0. The summed E-state index contributed by atoms with van der Waals surface area (Å²) in [5, 5.41) is 6.00. The standard InChI is InChI=1S/C10H8FN3O/c11-7-3-1-2-6(4-7)9-5-8(12)10(15)14-13-9/h1-5H,(H2,12,13)(H,14,15). The van der Waals surface area contributed by atoms with Gasteiger partial charge in [-0.25, -0.2) is 9.49 Å². The van der Waals surface area contributed by atoms with Crippen LogP contribution in [0.3, 0.4) is 0 Å². The molecular weight excluding hydrogens is 197 g/mol. The lowest BCUT2D eigenvalue weighted by atomic mass is 10.1. The van der Waals surface area contributed by atoms with Crippen LogP contribution in [0.5, 0.6) is 0 Å². The molecule has 0 aliphatic heterocycles. The topological polar surface area (TPSA) is 71.8 Å². The number of nitrogens with zero attached hydrogens (tertiary/aromatic N) is 1. The Morgan fingerprint density at radius 3 is 2.80 bits per heavy atom. The normalized spacial score (nSPS) is 10.2. The summed E-state index contributed by atoms with van der Waals surface area (Å²) in [5.41, 5.74) is 6.03. The molecule has 1 aromatic carbocycles. The van der Waals surface area contributed by atoms with E-state index >= 15 is 0 Å². The number of nitrogens with two attached hydrogens (primary N) is 1. The van der Waals surface area contributed by atoms with E-state index in [2.05, 4.69) is 10.2 Å². The van der Waals surface area contributed by atoms with E-state index in [1.54, 1.807) is 12.1 Å². The molecule has 0 radical (unpaired) electrons. The lowest BCUT2D eigenvalue weighted by Gasteiger charge is -2.00. The maximum absolute atomic E-state index is 12.9. The SMILES string of the molecule is Nc1cc(-c2cccc(F)c2)n[nH]c1=O. The van der Waals surface area contributed by atoms with Gasteiger partial charge in [0.2, 0.25) is 0 Å². The molecule has 0 aliphatic rings. The number of halogens is 1. The molecule has 15 heavy (non-hydrogen) atoms. The number of anilines is 1. The molecule has 1 heterocycles. The van der Waals surface area contributed by atoms with Gasteiger partial charge in [-0.3, -0.25) is 4.79 Å². The molecule has 2 rings (SSSR count). The summed E-state index contributed by atoms with van der Waals surface area (Å²) in [6, 6.07) is 7.31. The Bertz CT molecular complexity index is 550. The molecule has 0 fully saturated rings. The third-order valence-electron chi connectivity index (χ3n) is 1.95. The third-order valence-corrected chi connectivity index (χ3v) is 1.95. The first-order chi connectivity index (χ1) is 7.16. The minimum atomic E-state index is -0.449. The van der Waals surface area contributed by atoms with Crippen molar-refractivity contribution in [2.75, 3.05) is 5.73 Å². The minimum Gasteiger partial charge on any atom is -0.394 e. The first-order valence-electron chi connectivity index (χ1n) is 4.28. The highest BCUT2D eigenvalue weighted by Crippen LogP contribution is 2.17. The molecule has 0 atom stereocenters. The molecule has 0 unspecified atom stereocenters. The van der Waals surface area contributed by atoms with E-state index in [0.29, 0.717) is 11.3 Å². The molecule has 5 heteroatoms. The first-order valence-corrected chi connectivity index (χ1v) is 4.28. The van der Waals surface area contributed by atoms with Crippen molar-refractivity contribution in [3.05, 3.63) is 46.5 Å². The number of H-pyrrole nitrogens is 1. The van der Waals surface area contributed by atoms with E-state index in [4.69, 9.17) is 5.73 Å². The van der Waals surface area contributed by atoms with Gasteiger partial charge in [0.1, 0.15) is 11.5 Å². The zero-order valence-electron chi connectivity index (χ0n) is 7.70. The monoisotopic (exact) mass is 205 g/mol. The van der Waals surface area contributed by atoms with Gasteiger partial charge < -0.3 is 5.73 Å². The van der Waals surface area contributed by atoms with Crippen molar-refractivity contribution in [3.8, 4) is 11.3 Å². The third kappa shape index (κ3) is 1.85. The summed E-state index contributed by atoms with van der Waals surface area (Å²) in [6.07, 6.45) is 0. The Morgan fingerprint density at radius 1 is 1.33 bits per heavy atom. The second kappa shape index (κ2) is 3.53. The molecule has 1 aromatic heterocycles. The molecule has 0 aliphatic carbocycles. The summed E-state index contributed by atoms with van der Waals surface area (Å²) < 4.78 is 12.9. The van der Waals surface area contributed by atoms with Crippen LogP contribution in [0, 0.1) is 5.82 Å². The van der Waals surface area contributed by atoms with Gasteiger partial charge in [-0.1, -0.05) is 12.1 Å². The fourth-order valence-corrected chi connectivity index (χ4v) is 1.22.